The van der Waals surface area contributed by atoms with E-state index in [9.17, 15) is 9.90 Å². The smallest absolute Gasteiger partial charge is 0.321 e. The first-order valence-corrected chi connectivity index (χ1v) is 6.29. The van der Waals surface area contributed by atoms with Crippen LogP contribution in [0.2, 0.25) is 5.02 Å². The highest BCUT2D eigenvalue weighted by Gasteiger charge is 2.32. The molecule has 0 radical (unpaired) electrons. The first kappa shape index (κ1) is 12.2. The summed E-state index contributed by atoms with van der Waals surface area (Å²) in [6.45, 7) is 0. The molecule has 0 amide bonds. The summed E-state index contributed by atoms with van der Waals surface area (Å²) in [7, 11) is 0. The van der Waals surface area contributed by atoms with Crippen LogP contribution in [0.3, 0.4) is 0 Å². The van der Waals surface area contributed by atoms with Gasteiger partial charge in [0, 0.05) is 17.1 Å². The molecule has 6 heteroatoms. The molecule has 1 aliphatic heterocycles. The molecule has 19 heavy (non-hydrogen) atoms. The van der Waals surface area contributed by atoms with Gasteiger partial charge in [-0.1, -0.05) is 23.7 Å². The van der Waals surface area contributed by atoms with E-state index in [1.165, 1.54) is 0 Å². The van der Waals surface area contributed by atoms with E-state index >= 15 is 0 Å². The molecule has 5 nitrogen and oxygen atoms in total. The number of nitrogens with zero attached hydrogens (tertiary/aromatic N) is 1. The van der Waals surface area contributed by atoms with Crippen molar-refractivity contribution in [3.8, 4) is 0 Å². The first-order valence-electron chi connectivity index (χ1n) is 5.91. The highest BCUT2D eigenvalue weighted by atomic mass is 35.5. The van der Waals surface area contributed by atoms with Gasteiger partial charge >= 0.3 is 5.97 Å². The predicted molar refractivity (Wildman–Crippen MR) is 70.1 cm³/mol. The third kappa shape index (κ3) is 2.22. The molecule has 3 rings (SSSR count). The number of nitrogens with one attached hydrogen (secondary N) is 2. The van der Waals surface area contributed by atoms with E-state index in [0.29, 0.717) is 11.4 Å². The van der Waals surface area contributed by atoms with Gasteiger partial charge in [-0.25, -0.2) is 4.98 Å². The normalized spacial score (nSPS) is 21.9. The van der Waals surface area contributed by atoms with Crippen molar-refractivity contribution >= 4 is 17.6 Å². The second kappa shape index (κ2) is 4.68. The van der Waals surface area contributed by atoms with E-state index in [4.69, 9.17) is 11.6 Å². The summed E-state index contributed by atoms with van der Waals surface area (Å²) in [6.07, 6.45) is 2.01. The van der Waals surface area contributed by atoms with Crippen LogP contribution < -0.4 is 5.32 Å². The van der Waals surface area contributed by atoms with Gasteiger partial charge in [0.25, 0.3) is 0 Å². The maximum absolute atomic E-state index is 11.2. The van der Waals surface area contributed by atoms with Crippen LogP contribution in [0.1, 0.15) is 23.0 Å². The van der Waals surface area contributed by atoms with Crippen molar-refractivity contribution in [2.45, 2.75) is 18.5 Å². The Morgan fingerprint density at radius 2 is 2.11 bits per heavy atom. The Bertz CT molecular complexity index is 609. The maximum atomic E-state index is 11.2. The summed E-state index contributed by atoms with van der Waals surface area (Å²) in [5.41, 5.74) is 2.66. The fourth-order valence-corrected chi connectivity index (χ4v) is 2.48. The summed E-state index contributed by atoms with van der Waals surface area (Å²) in [5.74, 6) is -0.862. The number of benzene rings is 1. The van der Waals surface area contributed by atoms with Crippen molar-refractivity contribution < 1.29 is 9.90 Å². The van der Waals surface area contributed by atoms with Gasteiger partial charge in [-0.3, -0.25) is 10.1 Å². The van der Waals surface area contributed by atoms with Crippen molar-refractivity contribution in [3.05, 3.63) is 52.6 Å². The second-order valence-corrected chi connectivity index (χ2v) is 4.95. The molecular formula is C13H12ClN3O2. The molecule has 2 atom stereocenters. The molecule has 0 saturated carbocycles. The lowest BCUT2D eigenvalue weighted by atomic mass is 9.94. The lowest BCUT2D eigenvalue weighted by Crippen LogP contribution is -2.45. The average molecular weight is 278 g/mol. The molecule has 0 aliphatic carbocycles. The van der Waals surface area contributed by atoms with Crippen LogP contribution in [0.25, 0.3) is 0 Å². The quantitative estimate of drug-likeness (QED) is 0.781. The van der Waals surface area contributed by atoms with Gasteiger partial charge < -0.3 is 10.1 Å². The zero-order valence-corrected chi connectivity index (χ0v) is 10.7. The SMILES string of the molecule is O=C(O)[C@@H]1Cc2[nH]cnc2[C@@H](c2ccc(Cl)cc2)N1. The van der Waals surface area contributed by atoms with E-state index in [1.54, 1.807) is 18.5 Å². The topological polar surface area (TPSA) is 78.0 Å². The number of carboxylic acid groups (broad SMARTS) is 1. The standard InChI is InChI=1S/C13H12ClN3O2/c14-8-3-1-7(2-4-8)11-12-9(15-6-16-12)5-10(17-11)13(18)19/h1-4,6,10-11,17H,5H2,(H,15,16)(H,18,19)/t10-,11+/m0/s1. The van der Waals surface area contributed by atoms with Gasteiger partial charge in [-0.2, -0.15) is 0 Å². The van der Waals surface area contributed by atoms with Gasteiger partial charge in [0.2, 0.25) is 0 Å². The van der Waals surface area contributed by atoms with E-state index in [0.717, 1.165) is 17.0 Å². The number of carbonyl (C=O) groups is 1. The van der Waals surface area contributed by atoms with E-state index in [1.807, 2.05) is 12.1 Å². The molecule has 0 fully saturated rings. The van der Waals surface area contributed by atoms with E-state index in [-0.39, 0.29) is 6.04 Å². The zero-order valence-electron chi connectivity index (χ0n) is 9.93. The van der Waals surface area contributed by atoms with Gasteiger partial charge in [0.1, 0.15) is 6.04 Å². The highest BCUT2D eigenvalue weighted by molar-refractivity contribution is 6.30. The molecule has 2 aromatic rings. The minimum atomic E-state index is -0.862. The Labute approximate surface area is 114 Å². The van der Waals surface area contributed by atoms with Gasteiger partial charge in [0.05, 0.1) is 18.1 Å². The molecule has 0 saturated heterocycles. The van der Waals surface area contributed by atoms with Crippen molar-refractivity contribution in [2.24, 2.45) is 0 Å². The number of fused-ring (bicyclic) bond motifs is 1. The van der Waals surface area contributed by atoms with Crippen LogP contribution >= 0.6 is 11.6 Å². The fraction of sp³-hybridized carbons (Fsp3) is 0.231. The Morgan fingerprint density at radius 1 is 1.37 bits per heavy atom. The summed E-state index contributed by atoms with van der Waals surface area (Å²) in [4.78, 5) is 18.5. The van der Waals surface area contributed by atoms with E-state index < -0.39 is 12.0 Å². The number of hydrogen-bond acceptors (Lipinski definition) is 3. The van der Waals surface area contributed by atoms with Crippen LogP contribution in [0.4, 0.5) is 0 Å². The van der Waals surface area contributed by atoms with Gasteiger partial charge in [-0.15, -0.1) is 0 Å². The first-order chi connectivity index (χ1) is 9.15. The van der Waals surface area contributed by atoms with Crippen molar-refractivity contribution in [1.82, 2.24) is 15.3 Å². The molecule has 2 heterocycles. The highest BCUT2D eigenvalue weighted by Crippen LogP contribution is 2.29. The maximum Gasteiger partial charge on any atom is 0.321 e. The number of imidazole rings is 1. The van der Waals surface area contributed by atoms with Crippen LogP contribution in [0.5, 0.6) is 0 Å². The van der Waals surface area contributed by atoms with Crippen LogP contribution in [-0.4, -0.2) is 27.1 Å². The Morgan fingerprint density at radius 3 is 2.79 bits per heavy atom. The number of hydrogen-bond donors (Lipinski definition) is 3. The number of H-pyrrole nitrogens is 1. The number of halogens is 1. The van der Waals surface area contributed by atoms with Crippen molar-refractivity contribution in [1.29, 1.82) is 0 Å². The number of rotatable bonds is 2. The number of aliphatic carboxylic acids is 1. The molecule has 0 spiro atoms. The Kier molecular flexibility index (Phi) is 3.00. The number of aromatic nitrogens is 2. The molecule has 98 valence electrons. The number of aromatic amines is 1. The zero-order chi connectivity index (χ0) is 13.4. The second-order valence-electron chi connectivity index (χ2n) is 4.51. The molecule has 1 aliphatic rings. The third-order valence-corrected chi connectivity index (χ3v) is 3.55. The van der Waals surface area contributed by atoms with Gasteiger partial charge in [0.15, 0.2) is 0 Å². The Balaban J connectivity index is 2.00. The third-order valence-electron chi connectivity index (χ3n) is 3.30. The summed E-state index contributed by atoms with van der Waals surface area (Å²) < 4.78 is 0. The minimum Gasteiger partial charge on any atom is -0.480 e. The van der Waals surface area contributed by atoms with E-state index in [2.05, 4.69) is 15.3 Å². The molecular weight excluding hydrogens is 266 g/mol. The lowest BCUT2D eigenvalue weighted by Gasteiger charge is -2.28. The summed E-state index contributed by atoms with van der Waals surface area (Å²) in [6, 6.07) is 6.48. The molecule has 0 unspecified atom stereocenters. The predicted octanol–water partition coefficient (Wildman–Crippen LogP) is 1.75. The summed E-state index contributed by atoms with van der Waals surface area (Å²) >= 11 is 5.87. The van der Waals surface area contributed by atoms with Crippen molar-refractivity contribution in [3.63, 3.8) is 0 Å². The largest absolute Gasteiger partial charge is 0.480 e. The monoisotopic (exact) mass is 277 g/mol. The minimum absolute atomic E-state index is 0.228. The lowest BCUT2D eigenvalue weighted by molar-refractivity contribution is -0.139. The van der Waals surface area contributed by atoms with Crippen LogP contribution in [-0.2, 0) is 11.2 Å². The van der Waals surface area contributed by atoms with Gasteiger partial charge in [-0.05, 0) is 17.7 Å². The Hall–Kier alpha value is -1.85. The summed E-state index contributed by atoms with van der Waals surface area (Å²) in [5, 5.41) is 12.9. The van der Waals surface area contributed by atoms with Crippen LogP contribution in [0, 0.1) is 0 Å². The fourth-order valence-electron chi connectivity index (χ4n) is 2.35. The molecule has 1 aromatic heterocycles. The molecule has 1 aromatic carbocycles. The number of carboxylic acids is 1. The molecule has 0 bridgehead atoms. The average Bonchev–Trinajstić information content (AvgIpc) is 2.86. The van der Waals surface area contributed by atoms with Crippen LogP contribution in [0.15, 0.2) is 30.6 Å². The molecule has 3 N–H and O–H groups in total. The van der Waals surface area contributed by atoms with Crippen molar-refractivity contribution in [2.75, 3.05) is 0 Å².